The van der Waals surface area contributed by atoms with Crippen LogP contribution in [-0.4, -0.2) is 31.4 Å². The number of cyclic esters (lactones) is 2. The molecule has 1 aromatic rings. The van der Waals surface area contributed by atoms with Gasteiger partial charge in [0, 0.05) is 13.8 Å². The summed E-state index contributed by atoms with van der Waals surface area (Å²) < 4.78 is 20.8. The third-order valence-electron chi connectivity index (χ3n) is 3.03. The van der Waals surface area contributed by atoms with Crippen molar-refractivity contribution < 1.29 is 28.5 Å². The summed E-state index contributed by atoms with van der Waals surface area (Å²) >= 11 is 6.18. The van der Waals surface area contributed by atoms with Gasteiger partial charge in [-0.3, -0.25) is 0 Å². The fraction of sp³-hybridized carbons (Fsp3) is 0.294. The molecule has 1 aliphatic rings. The molecule has 2 rings (SSSR count). The molecule has 0 aliphatic carbocycles. The first-order chi connectivity index (χ1) is 11.3. The van der Waals surface area contributed by atoms with Crippen LogP contribution in [0.2, 0.25) is 5.02 Å². The van der Waals surface area contributed by atoms with Gasteiger partial charge in [0.2, 0.25) is 0 Å². The van der Waals surface area contributed by atoms with E-state index in [1.807, 2.05) is 0 Å². The van der Waals surface area contributed by atoms with E-state index in [9.17, 15) is 9.59 Å². The number of carbonyl (C=O) groups is 2. The standard InChI is InChI=1S/C17H17ClO6/c1-5-6-22-14-12(18)8-10(9-13(14)21-4)7-11-15(19)23-17(2,3)24-16(11)20/h5,7-9H,1,6H2,2-4H3. The highest BCUT2D eigenvalue weighted by Crippen LogP contribution is 2.37. The molecule has 24 heavy (non-hydrogen) atoms. The van der Waals surface area contributed by atoms with Gasteiger partial charge < -0.3 is 18.9 Å². The van der Waals surface area contributed by atoms with Crippen LogP contribution in [0.4, 0.5) is 0 Å². The molecule has 128 valence electrons. The largest absolute Gasteiger partial charge is 0.493 e. The van der Waals surface area contributed by atoms with Crippen LogP contribution in [-0.2, 0) is 19.1 Å². The van der Waals surface area contributed by atoms with Crippen molar-refractivity contribution in [2.24, 2.45) is 0 Å². The Morgan fingerprint density at radius 3 is 2.42 bits per heavy atom. The second-order valence-electron chi connectivity index (χ2n) is 5.37. The third-order valence-corrected chi connectivity index (χ3v) is 3.31. The van der Waals surface area contributed by atoms with E-state index in [2.05, 4.69) is 6.58 Å². The van der Waals surface area contributed by atoms with Crippen LogP contribution in [0.15, 0.2) is 30.4 Å². The predicted octanol–water partition coefficient (Wildman–Crippen LogP) is 3.13. The molecule has 1 aromatic carbocycles. The normalized spacial score (nSPS) is 16.1. The average Bonchev–Trinajstić information content (AvgIpc) is 2.48. The second kappa shape index (κ2) is 6.97. The van der Waals surface area contributed by atoms with Gasteiger partial charge in [-0.1, -0.05) is 24.3 Å². The number of carbonyl (C=O) groups excluding carboxylic acids is 2. The maximum atomic E-state index is 12.0. The Labute approximate surface area is 144 Å². The fourth-order valence-electron chi connectivity index (χ4n) is 2.05. The molecule has 6 nitrogen and oxygen atoms in total. The van der Waals surface area contributed by atoms with E-state index < -0.39 is 17.7 Å². The van der Waals surface area contributed by atoms with Gasteiger partial charge in [0.15, 0.2) is 11.5 Å². The topological polar surface area (TPSA) is 71.1 Å². The second-order valence-corrected chi connectivity index (χ2v) is 5.78. The van der Waals surface area contributed by atoms with Gasteiger partial charge in [0.1, 0.15) is 12.2 Å². The van der Waals surface area contributed by atoms with Gasteiger partial charge in [-0.25, -0.2) is 9.59 Å². The number of benzene rings is 1. The first-order valence-corrected chi connectivity index (χ1v) is 7.45. The zero-order valence-corrected chi connectivity index (χ0v) is 14.3. The minimum Gasteiger partial charge on any atom is -0.493 e. The lowest BCUT2D eigenvalue weighted by molar-refractivity contribution is -0.222. The Morgan fingerprint density at radius 2 is 1.88 bits per heavy atom. The van der Waals surface area contributed by atoms with Gasteiger partial charge in [-0.2, -0.15) is 0 Å². The summed E-state index contributed by atoms with van der Waals surface area (Å²) in [4.78, 5) is 24.0. The number of hydrogen-bond donors (Lipinski definition) is 0. The third kappa shape index (κ3) is 3.89. The summed E-state index contributed by atoms with van der Waals surface area (Å²) in [6, 6.07) is 3.12. The Bertz CT molecular complexity index is 698. The molecular formula is C17H17ClO6. The zero-order chi connectivity index (χ0) is 17.9. The molecule has 0 spiro atoms. The summed E-state index contributed by atoms with van der Waals surface area (Å²) in [6.07, 6.45) is 2.90. The molecular weight excluding hydrogens is 336 g/mol. The van der Waals surface area contributed by atoms with Crippen LogP contribution in [0, 0.1) is 0 Å². The highest BCUT2D eigenvalue weighted by molar-refractivity contribution is 6.32. The van der Waals surface area contributed by atoms with E-state index in [1.165, 1.54) is 33.1 Å². The maximum Gasteiger partial charge on any atom is 0.348 e. The highest BCUT2D eigenvalue weighted by atomic mass is 35.5. The molecule has 0 saturated carbocycles. The fourth-order valence-corrected chi connectivity index (χ4v) is 2.32. The molecule has 0 bridgehead atoms. The van der Waals surface area contributed by atoms with Gasteiger partial charge >= 0.3 is 11.9 Å². The van der Waals surface area contributed by atoms with Crippen LogP contribution in [0.5, 0.6) is 11.5 Å². The minimum absolute atomic E-state index is 0.229. The van der Waals surface area contributed by atoms with Crippen molar-refractivity contribution in [3.8, 4) is 11.5 Å². The smallest absolute Gasteiger partial charge is 0.348 e. The maximum absolute atomic E-state index is 12.0. The van der Waals surface area contributed by atoms with Crippen LogP contribution < -0.4 is 9.47 Å². The first-order valence-electron chi connectivity index (χ1n) is 7.07. The predicted molar refractivity (Wildman–Crippen MR) is 87.9 cm³/mol. The SMILES string of the molecule is C=CCOc1c(Cl)cc(C=C2C(=O)OC(C)(C)OC2=O)cc1OC. The van der Waals surface area contributed by atoms with Crippen molar-refractivity contribution in [3.63, 3.8) is 0 Å². The Hall–Kier alpha value is -2.47. The monoisotopic (exact) mass is 352 g/mol. The number of esters is 2. The van der Waals surface area contributed by atoms with Gasteiger partial charge in [-0.05, 0) is 23.8 Å². The summed E-state index contributed by atoms with van der Waals surface area (Å²) in [5.41, 5.74) is 0.235. The quantitative estimate of drug-likeness (QED) is 0.351. The van der Waals surface area contributed by atoms with E-state index in [4.69, 9.17) is 30.5 Å². The van der Waals surface area contributed by atoms with Crippen molar-refractivity contribution in [3.05, 3.63) is 40.9 Å². The lowest BCUT2D eigenvalue weighted by Crippen LogP contribution is -2.41. The van der Waals surface area contributed by atoms with E-state index >= 15 is 0 Å². The molecule has 0 atom stereocenters. The van der Waals surface area contributed by atoms with Crippen molar-refractivity contribution in [1.82, 2.24) is 0 Å². The molecule has 0 amide bonds. The molecule has 1 fully saturated rings. The number of ether oxygens (including phenoxy) is 4. The Balaban J connectivity index is 2.39. The summed E-state index contributed by atoms with van der Waals surface area (Å²) in [5, 5.41) is 0.265. The summed E-state index contributed by atoms with van der Waals surface area (Å²) in [5.74, 6) is -2.12. The van der Waals surface area contributed by atoms with Crippen molar-refractivity contribution in [2.45, 2.75) is 19.6 Å². The van der Waals surface area contributed by atoms with E-state index in [0.29, 0.717) is 17.1 Å². The lowest BCUT2D eigenvalue weighted by Gasteiger charge is -2.29. The van der Waals surface area contributed by atoms with Crippen molar-refractivity contribution in [2.75, 3.05) is 13.7 Å². The molecule has 0 unspecified atom stereocenters. The lowest BCUT2D eigenvalue weighted by atomic mass is 10.1. The van der Waals surface area contributed by atoms with E-state index in [-0.39, 0.29) is 17.2 Å². The number of halogens is 1. The van der Waals surface area contributed by atoms with Crippen LogP contribution in [0.1, 0.15) is 19.4 Å². The zero-order valence-electron chi connectivity index (χ0n) is 13.6. The highest BCUT2D eigenvalue weighted by Gasteiger charge is 2.38. The Kier molecular flexibility index (Phi) is 5.19. The molecule has 0 radical (unpaired) electrons. The van der Waals surface area contributed by atoms with Gasteiger partial charge in [-0.15, -0.1) is 0 Å². The van der Waals surface area contributed by atoms with Crippen molar-refractivity contribution in [1.29, 1.82) is 0 Å². The van der Waals surface area contributed by atoms with E-state index in [1.54, 1.807) is 12.1 Å². The number of rotatable bonds is 5. The van der Waals surface area contributed by atoms with Gasteiger partial charge in [0.05, 0.1) is 12.1 Å². The summed E-state index contributed by atoms with van der Waals surface area (Å²) in [7, 11) is 1.45. The average molecular weight is 353 g/mol. The number of hydrogen-bond acceptors (Lipinski definition) is 6. The van der Waals surface area contributed by atoms with Gasteiger partial charge in [0.25, 0.3) is 5.79 Å². The van der Waals surface area contributed by atoms with Crippen LogP contribution >= 0.6 is 11.6 Å². The minimum atomic E-state index is -1.29. The van der Waals surface area contributed by atoms with Crippen LogP contribution in [0.3, 0.4) is 0 Å². The molecule has 7 heteroatoms. The Morgan fingerprint density at radius 1 is 1.25 bits per heavy atom. The van der Waals surface area contributed by atoms with Crippen LogP contribution in [0.25, 0.3) is 6.08 Å². The van der Waals surface area contributed by atoms with Crippen molar-refractivity contribution >= 4 is 29.6 Å². The number of methoxy groups -OCH3 is 1. The first kappa shape index (κ1) is 17.9. The summed E-state index contributed by atoms with van der Waals surface area (Å²) in [6.45, 7) is 6.77. The molecule has 1 heterocycles. The molecule has 0 N–H and O–H groups in total. The molecule has 1 aliphatic heterocycles. The molecule has 1 saturated heterocycles. The molecule has 0 aromatic heterocycles. The van der Waals surface area contributed by atoms with E-state index in [0.717, 1.165) is 0 Å².